The smallest absolute Gasteiger partial charge is 0.348 e. The number of carbonyl (C=O) groups excluding carboxylic acids is 3. The molecule has 0 saturated carbocycles. The van der Waals surface area contributed by atoms with Crippen molar-refractivity contribution in [1.82, 2.24) is 5.32 Å². The summed E-state index contributed by atoms with van der Waals surface area (Å²) in [4.78, 5) is 49.9. The molecule has 2 aliphatic heterocycles. The van der Waals surface area contributed by atoms with E-state index in [1.54, 1.807) is 31.2 Å². The number of Topliss-reactive ketones (excluding diaryl/α,β-unsaturated/α-hetero) is 1. The number of nitrogens with zero attached hydrogens (tertiary/aromatic N) is 1. The first-order chi connectivity index (χ1) is 16.8. The first kappa shape index (κ1) is 22.7. The van der Waals surface area contributed by atoms with E-state index in [4.69, 9.17) is 14.2 Å². The molecule has 1 fully saturated rings. The first-order valence-electron chi connectivity index (χ1n) is 11.3. The van der Waals surface area contributed by atoms with Gasteiger partial charge in [0.25, 0.3) is 5.69 Å². The molecule has 0 amide bonds. The Morgan fingerprint density at radius 3 is 2.51 bits per heavy atom. The lowest BCUT2D eigenvalue weighted by Gasteiger charge is -2.37. The van der Waals surface area contributed by atoms with Crippen LogP contribution in [0.15, 0.2) is 65.9 Å². The lowest BCUT2D eigenvalue weighted by Crippen LogP contribution is -2.49. The van der Waals surface area contributed by atoms with Gasteiger partial charge in [0, 0.05) is 30.5 Å². The molecule has 5 rings (SSSR count). The van der Waals surface area contributed by atoms with E-state index in [0.29, 0.717) is 36.2 Å². The predicted octanol–water partition coefficient (Wildman–Crippen LogP) is 3.13. The SMILES string of the molecule is CCOC(=O)C12NC1(OC(=O)c1ccc([N+](=O)[O-])cc1)OC1=C(C(=O)CCC1)C2c1ccccc1. The summed E-state index contributed by atoms with van der Waals surface area (Å²) in [5, 5.41) is 13.9. The third-order valence-electron chi connectivity index (χ3n) is 6.50. The Hall–Kier alpha value is -4.05. The standard InChI is InChI=1S/C25H22N2O8/c1-2-33-23(30)24-21(15-7-4-3-5-8-15)20-18(28)9-6-10-19(20)34-25(24,26-24)35-22(29)16-11-13-17(14-12-16)27(31)32/h3-5,7-8,11-14,21,26H,2,6,9-10H2,1H3. The summed E-state index contributed by atoms with van der Waals surface area (Å²) in [6.45, 7) is 1.72. The molecular weight excluding hydrogens is 456 g/mol. The van der Waals surface area contributed by atoms with Crippen LogP contribution in [0.3, 0.4) is 0 Å². The Labute approximate surface area is 200 Å². The zero-order valence-corrected chi connectivity index (χ0v) is 18.8. The van der Waals surface area contributed by atoms with E-state index in [-0.39, 0.29) is 23.6 Å². The summed E-state index contributed by atoms with van der Waals surface area (Å²) in [5.41, 5.74) is -0.767. The quantitative estimate of drug-likeness (QED) is 0.286. The second-order valence-corrected chi connectivity index (χ2v) is 8.52. The Morgan fingerprint density at radius 1 is 1.14 bits per heavy atom. The van der Waals surface area contributed by atoms with E-state index >= 15 is 0 Å². The van der Waals surface area contributed by atoms with Crippen LogP contribution >= 0.6 is 0 Å². The van der Waals surface area contributed by atoms with Crippen LogP contribution in [-0.2, 0) is 23.8 Å². The largest absolute Gasteiger partial charge is 0.464 e. The molecule has 0 aromatic heterocycles. The highest BCUT2D eigenvalue weighted by Gasteiger charge is 2.86. The van der Waals surface area contributed by atoms with Crippen LogP contribution in [0.1, 0.15) is 48.0 Å². The normalized spacial score (nSPS) is 26.7. The second-order valence-electron chi connectivity index (χ2n) is 8.52. The zero-order valence-electron chi connectivity index (χ0n) is 18.8. The molecule has 1 N–H and O–H groups in total. The number of hydrogen-bond donors (Lipinski definition) is 1. The maximum Gasteiger partial charge on any atom is 0.348 e. The average Bonchev–Trinajstić information content (AvgIpc) is 3.52. The van der Waals surface area contributed by atoms with E-state index in [9.17, 15) is 24.5 Å². The van der Waals surface area contributed by atoms with E-state index < -0.39 is 34.2 Å². The molecule has 2 aromatic rings. The lowest BCUT2D eigenvalue weighted by molar-refractivity contribution is -0.384. The minimum Gasteiger partial charge on any atom is -0.464 e. The van der Waals surface area contributed by atoms with Gasteiger partial charge in [0.15, 0.2) is 5.78 Å². The van der Waals surface area contributed by atoms with Gasteiger partial charge in [0.1, 0.15) is 5.76 Å². The molecule has 0 spiro atoms. The Morgan fingerprint density at radius 2 is 1.86 bits per heavy atom. The van der Waals surface area contributed by atoms with Crippen molar-refractivity contribution < 1.29 is 33.5 Å². The fourth-order valence-corrected chi connectivity index (χ4v) is 4.89. The lowest BCUT2D eigenvalue weighted by atomic mass is 9.72. The van der Waals surface area contributed by atoms with E-state index in [1.807, 2.05) is 6.07 Å². The molecule has 10 heteroatoms. The number of nitrogens with one attached hydrogen (secondary N) is 1. The van der Waals surface area contributed by atoms with Crippen molar-refractivity contribution in [3.05, 3.63) is 87.2 Å². The molecule has 180 valence electrons. The molecule has 0 radical (unpaired) electrons. The van der Waals surface area contributed by atoms with Gasteiger partial charge in [-0.3, -0.25) is 14.9 Å². The highest BCUT2D eigenvalue weighted by Crippen LogP contribution is 2.60. The number of nitro benzene ring substituents is 1. The monoisotopic (exact) mass is 478 g/mol. The molecule has 35 heavy (non-hydrogen) atoms. The summed E-state index contributed by atoms with van der Waals surface area (Å²) in [5.74, 6) is -4.02. The summed E-state index contributed by atoms with van der Waals surface area (Å²) in [6.07, 6.45) is 1.33. The van der Waals surface area contributed by atoms with Crippen LogP contribution in [0.4, 0.5) is 5.69 Å². The number of carbonyl (C=O) groups is 3. The van der Waals surface area contributed by atoms with Crippen molar-refractivity contribution in [2.75, 3.05) is 6.61 Å². The van der Waals surface area contributed by atoms with Gasteiger partial charge in [-0.25, -0.2) is 14.9 Å². The van der Waals surface area contributed by atoms with Gasteiger partial charge in [-0.15, -0.1) is 0 Å². The van der Waals surface area contributed by atoms with Gasteiger partial charge in [0.05, 0.1) is 23.0 Å². The topological polar surface area (TPSA) is 144 Å². The van der Waals surface area contributed by atoms with Crippen molar-refractivity contribution in [2.45, 2.75) is 43.6 Å². The molecule has 1 saturated heterocycles. The van der Waals surface area contributed by atoms with Crippen molar-refractivity contribution in [1.29, 1.82) is 0 Å². The molecular formula is C25H22N2O8. The maximum atomic E-state index is 13.4. The minimum absolute atomic E-state index is 0.0378. The van der Waals surface area contributed by atoms with Crippen molar-refractivity contribution in [2.24, 2.45) is 0 Å². The number of rotatable bonds is 6. The molecule has 3 atom stereocenters. The minimum atomic E-state index is -1.89. The Bertz CT molecular complexity index is 1260. The number of ether oxygens (including phenoxy) is 3. The third-order valence-corrected chi connectivity index (χ3v) is 6.50. The van der Waals surface area contributed by atoms with Crippen LogP contribution in [0.2, 0.25) is 0 Å². The maximum absolute atomic E-state index is 13.4. The number of nitro groups is 1. The average molecular weight is 478 g/mol. The summed E-state index contributed by atoms with van der Waals surface area (Å²) in [7, 11) is 0. The highest BCUT2D eigenvalue weighted by atomic mass is 16.8. The summed E-state index contributed by atoms with van der Waals surface area (Å²) < 4.78 is 17.2. The van der Waals surface area contributed by atoms with Gasteiger partial charge in [-0.1, -0.05) is 30.3 Å². The molecule has 2 heterocycles. The van der Waals surface area contributed by atoms with Gasteiger partial charge in [0.2, 0.25) is 5.54 Å². The van der Waals surface area contributed by atoms with Gasteiger partial charge in [-0.05, 0) is 31.0 Å². The van der Waals surface area contributed by atoms with Crippen molar-refractivity contribution >= 4 is 23.4 Å². The fourth-order valence-electron chi connectivity index (χ4n) is 4.89. The number of benzene rings is 2. The zero-order chi connectivity index (χ0) is 24.8. The number of hydrogen-bond acceptors (Lipinski definition) is 9. The summed E-state index contributed by atoms with van der Waals surface area (Å²) >= 11 is 0. The van der Waals surface area contributed by atoms with Gasteiger partial charge in [-0.2, -0.15) is 0 Å². The molecule has 1 aliphatic carbocycles. The van der Waals surface area contributed by atoms with Crippen LogP contribution in [0.25, 0.3) is 0 Å². The highest BCUT2D eigenvalue weighted by molar-refractivity contribution is 6.03. The molecule has 3 unspecified atom stereocenters. The Kier molecular flexibility index (Phi) is 5.40. The van der Waals surface area contributed by atoms with E-state index in [0.717, 1.165) is 0 Å². The number of non-ortho nitro benzene ring substituents is 1. The Balaban J connectivity index is 1.59. The fraction of sp³-hybridized carbons (Fsp3) is 0.320. The number of allylic oxidation sites excluding steroid dienone is 1. The van der Waals surface area contributed by atoms with Crippen molar-refractivity contribution in [3.63, 3.8) is 0 Å². The first-order valence-corrected chi connectivity index (χ1v) is 11.3. The van der Waals surface area contributed by atoms with Crippen LogP contribution in [0, 0.1) is 10.1 Å². The number of esters is 2. The number of fused-ring (bicyclic) bond motifs is 1. The van der Waals surface area contributed by atoms with Crippen LogP contribution < -0.4 is 5.32 Å². The van der Waals surface area contributed by atoms with E-state index in [1.165, 1.54) is 24.3 Å². The van der Waals surface area contributed by atoms with Crippen LogP contribution in [0.5, 0.6) is 0 Å². The van der Waals surface area contributed by atoms with Gasteiger partial charge >= 0.3 is 17.8 Å². The van der Waals surface area contributed by atoms with Gasteiger partial charge < -0.3 is 14.2 Å². The molecule has 0 bridgehead atoms. The second kappa shape index (κ2) is 8.31. The molecule has 2 aromatic carbocycles. The third kappa shape index (κ3) is 3.48. The van der Waals surface area contributed by atoms with E-state index in [2.05, 4.69) is 5.32 Å². The molecule has 3 aliphatic rings. The van der Waals surface area contributed by atoms with Crippen LogP contribution in [-0.4, -0.2) is 40.7 Å². The van der Waals surface area contributed by atoms with Crippen molar-refractivity contribution in [3.8, 4) is 0 Å². The summed E-state index contributed by atoms with van der Waals surface area (Å²) in [6, 6.07) is 13.9. The predicted molar refractivity (Wildman–Crippen MR) is 120 cm³/mol. The number of ketones is 1. The molecule has 10 nitrogen and oxygen atoms in total.